The number of nitrogens with one attached hydrogen (secondary N) is 1. The van der Waals surface area contributed by atoms with Crippen LogP contribution in [-0.4, -0.2) is 40.2 Å². The fourth-order valence-electron chi connectivity index (χ4n) is 2.04. The van der Waals surface area contributed by atoms with E-state index in [1.807, 2.05) is 0 Å². The molecule has 1 aromatic rings. The Bertz CT molecular complexity index is 528. The van der Waals surface area contributed by atoms with E-state index in [-0.39, 0.29) is 18.3 Å². The molecule has 20 heavy (non-hydrogen) atoms. The van der Waals surface area contributed by atoms with Crippen LogP contribution in [0.25, 0.3) is 0 Å². The van der Waals surface area contributed by atoms with E-state index in [0.717, 1.165) is 12.8 Å². The molecule has 0 aliphatic heterocycles. The summed E-state index contributed by atoms with van der Waals surface area (Å²) in [6.07, 6.45) is 2.05. The number of nitrogens with zero attached hydrogens (tertiary/aromatic N) is 2. The molecule has 7 nitrogen and oxygen atoms in total. The summed E-state index contributed by atoms with van der Waals surface area (Å²) in [5.74, 6) is -0.690. The number of methoxy groups -OCH3 is 1. The number of carbonyl (C=O) groups is 2. The molecule has 1 fully saturated rings. The summed E-state index contributed by atoms with van der Waals surface area (Å²) in [6.45, 7) is 1.74. The van der Waals surface area contributed by atoms with Gasteiger partial charge >= 0.3 is 11.9 Å². The summed E-state index contributed by atoms with van der Waals surface area (Å²) < 4.78 is 4.59. The van der Waals surface area contributed by atoms with E-state index in [2.05, 4.69) is 20.0 Å². The molecule has 1 unspecified atom stereocenters. The summed E-state index contributed by atoms with van der Waals surface area (Å²) in [4.78, 5) is 30.4. The molecule has 1 aliphatic rings. The normalized spacial score (nSPS) is 15.5. The quantitative estimate of drug-likeness (QED) is 0.755. The largest absolute Gasteiger partial charge is 0.481 e. The van der Waals surface area contributed by atoms with E-state index >= 15 is 0 Å². The van der Waals surface area contributed by atoms with Crippen molar-refractivity contribution in [1.29, 1.82) is 0 Å². The third kappa shape index (κ3) is 3.66. The monoisotopic (exact) mass is 279 g/mol. The van der Waals surface area contributed by atoms with Gasteiger partial charge in [0.2, 0.25) is 5.82 Å². The SMILES string of the molecule is COC(=O)c1nc(C)cc(NC(CC(=O)O)C2CC2)n1. The molecular formula is C13H17N3O4. The van der Waals surface area contributed by atoms with Crippen LogP contribution in [-0.2, 0) is 9.53 Å². The second-order valence-electron chi connectivity index (χ2n) is 4.90. The van der Waals surface area contributed by atoms with Gasteiger partial charge in [0.15, 0.2) is 0 Å². The highest BCUT2D eigenvalue weighted by molar-refractivity contribution is 5.85. The fraction of sp³-hybridized carbons (Fsp3) is 0.538. The summed E-state index contributed by atoms with van der Waals surface area (Å²) in [6, 6.07) is 1.51. The lowest BCUT2D eigenvalue weighted by atomic mass is 10.1. The van der Waals surface area contributed by atoms with E-state index in [0.29, 0.717) is 17.4 Å². The van der Waals surface area contributed by atoms with Crippen LogP contribution < -0.4 is 5.32 Å². The average molecular weight is 279 g/mol. The van der Waals surface area contributed by atoms with Gasteiger partial charge in [-0.25, -0.2) is 14.8 Å². The van der Waals surface area contributed by atoms with Gasteiger partial charge in [0.1, 0.15) is 5.82 Å². The lowest BCUT2D eigenvalue weighted by Gasteiger charge is -2.17. The van der Waals surface area contributed by atoms with Crippen molar-refractivity contribution in [2.24, 2.45) is 5.92 Å². The zero-order valence-electron chi connectivity index (χ0n) is 11.4. The lowest BCUT2D eigenvalue weighted by Crippen LogP contribution is -2.26. The van der Waals surface area contributed by atoms with Crippen molar-refractivity contribution < 1.29 is 19.4 Å². The van der Waals surface area contributed by atoms with Crippen molar-refractivity contribution in [1.82, 2.24) is 9.97 Å². The number of carboxylic acids is 1. The zero-order valence-corrected chi connectivity index (χ0v) is 11.4. The highest BCUT2D eigenvalue weighted by atomic mass is 16.5. The predicted molar refractivity (Wildman–Crippen MR) is 70.5 cm³/mol. The first-order valence-electron chi connectivity index (χ1n) is 6.42. The molecule has 1 atom stereocenters. The molecule has 7 heteroatoms. The second-order valence-corrected chi connectivity index (χ2v) is 4.90. The van der Waals surface area contributed by atoms with Crippen LogP contribution in [0.3, 0.4) is 0 Å². The summed E-state index contributed by atoms with van der Waals surface area (Å²) >= 11 is 0. The van der Waals surface area contributed by atoms with Gasteiger partial charge < -0.3 is 15.2 Å². The maximum absolute atomic E-state index is 11.5. The van der Waals surface area contributed by atoms with Crippen molar-refractivity contribution in [3.05, 3.63) is 17.6 Å². The standard InChI is InChI=1S/C13H17N3O4/c1-7-5-10(16-12(14-7)13(19)20-2)15-9(6-11(17)18)8-3-4-8/h5,8-9H,3-4,6H2,1-2H3,(H,17,18)(H,14,15,16). The van der Waals surface area contributed by atoms with E-state index in [9.17, 15) is 9.59 Å². The summed E-state index contributed by atoms with van der Waals surface area (Å²) in [5.41, 5.74) is 0.618. The van der Waals surface area contributed by atoms with E-state index in [4.69, 9.17) is 5.11 Å². The molecule has 0 aromatic carbocycles. The number of aryl methyl sites for hydroxylation is 1. The molecule has 0 spiro atoms. The van der Waals surface area contributed by atoms with Crippen molar-refractivity contribution in [2.45, 2.75) is 32.2 Å². The number of aliphatic carboxylic acids is 1. The molecule has 1 aliphatic carbocycles. The Morgan fingerprint density at radius 2 is 2.20 bits per heavy atom. The smallest absolute Gasteiger partial charge is 0.376 e. The van der Waals surface area contributed by atoms with Gasteiger partial charge in [0, 0.05) is 17.8 Å². The van der Waals surface area contributed by atoms with Crippen LogP contribution in [0.4, 0.5) is 5.82 Å². The van der Waals surface area contributed by atoms with Gasteiger partial charge in [-0.05, 0) is 25.7 Å². The molecule has 108 valence electrons. The minimum atomic E-state index is -0.853. The summed E-state index contributed by atoms with van der Waals surface area (Å²) in [5, 5.41) is 12.0. The third-order valence-corrected chi connectivity index (χ3v) is 3.14. The second kappa shape index (κ2) is 5.85. The zero-order chi connectivity index (χ0) is 14.7. The Hall–Kier alpha value is -2.18. The van der Waals surface area contributed by atoms with Crippen molar-refractivity contribution in [2.75, 3.05) is 12.4 Å². The molecule has 0 amide bonds. The number of anilines is 1. The first-order chi connectivity index (χ1) is 9.49. The highest BCUT2D eigenvalue weighted by Gasteiger charge is 2.33. The lowest BCUT2D eigenvalue weighted by molar-refractivity contribution is -0.137. The predicted octanol–water partition coefficient (Wildman–Crippen LogP) is 1.24. The van der Waals surface area contributed by atoms with Crippen LogP contribution in [0, 0.1) is 12.8 Å². The van der Waals surface area contributed by atoms with Gasteiger partial charge in [0.05, 0.1) is 13.5 Å². The number of carbonyl (C=O) groups excluding carboxylic acids is 1. The molecule has 0 saturated heterocycles. The Morgan fingerprint density at radius 1 is 1.50 bits per heavy atom. The van der Waals surface area contributed by atoms with Gasteiger partial charge in [0.25, 0.3) is 0 Å². The van der Waals surface area contributed by atoms with Crippen molar-refractivity contribution in [3.63, 3.8) is 0 Å². The first-order valence-corrected chi connectivity index (χ1v) is 6.42. The average Bonchev–Trinajstić information content (AvgIpc) is 3.20. The number of hydrogen-bond acceptors (Lipinski definition) is 6. The number of ether oxygens (including phenoxy) is 1. The Balaban J connectivity index is 2.16. The first kappa shape index (κ1) is 14.2. The minimum absolute atomic E-state index is 0.0279. The molecule has 0 bridgehead atoms. The number of rotatable bonds is 6. The maximum Gasteiger partial charge on any atom is 0.376 e. The van der Waals surface area contributed by atoms with Crippen LogP contribution in [0.15, 0.2) is 6.07 Å². The van der Waals surface area contributed by atoms with Gasteiger partial charge in [-0.1, -0.05) is 0 Å². The van der Waals surface area contributed by atoms with Crippen LogP contribution in [0.2, 0.25) is 0 Å². The summed E-state index contributed by atoms with van der Waals surface area (Å²) in [7, 11) is 1.26. The molecule has 1 aromatic heterocycles. The Labute approximate surface area is 116 Å². The van der Waals surface area contributed by atoms with Gasteiger partial charge in [-0.3, -0.25) is 4.79 Å². The van der Waals surface area contributed by atoms with E-state index < -0.39 is 11.9 Å². The number of aromatic nitrogens is 2. The molecule has 2 N–H and O–H groups in total. The number of carboxylic acid groups (broad SMARTS) is 1. The Kier molecular flexibility index (Phi) is 4.16. The van der Waals surface area contributed by atoms with Crippen molar-refractivity contribution in [3.8, 4) is 0 Å². The van der Waals surface area contributed by atoms with E-state index in [1.54, 1.807) is 13.0 Å². The van der Waals surface area contributed by atoms with Gasteiger partial charge in [-0.2, -0.15) is 0 Å². The third-order valence-electron chi connectivity index (χ3n) is 3.14. The molecule has 0 radical (unpaired) electrons. The fourth-order valence-corrected chi connectivity index (χ4v) is 2.04. The molecule has 2 rings (SSSR count). The number of hydrogen-bond donors (Lipinski definition) is 2. The van der Waals surface area contributed by atoms with Crippen LogP contribution in [0.5, 0.6) is 0 Å². The van der Waals surface area contributed by atoms with E-state index in [1.165, 1.54) is 7.11 Å². The molecule has 1 saturated carbocycles. The van der Waals surface area contributed by atoms with Gasteiger partial charge in [-0.15, -0.1) is 0 Å². The topological polar surface area (TPSA) is 101 Å². The number of esters is 1. The highest BCUT2D eigenvalue weighted by Crippen LogP contribution is 2.35. The van der Waals surface area contributed by atoms with Crippen LogP contribution in [0.1, 0.15) is 35.6 Å². The minimum Gasteiger partial charge on any atom is -0.481 e. The Morgan fingerprint density at radius 3 is 2.75 bits per heavy atom. The molecule has 1 heterocycles. The maximum atomic E-state index is 11.5. The molecular weight excluding hydrogens is 262 g/mol. The van der Waals surface area contributed by atoms with Crippen molar-refractivity contribution >= 4 is 17.8 Å². The van der Waals surface area contributed by atoms with Crippen LogP contribution >= 0.6 is 0 Å².